The molecular formula is C39H28F10N2. The Bertz CT molecular complexity index is 2000. The summed E-state index contributed by atoms with van der Waals surface area (Å²) in [5.74, 6) is -7.66. The fourth-order valence-corrected chi connectivity index (χ4v) is 4.79. The highest BCUT2D eigenvalue weighted by Gasteiger charge is 2.35. The average molecular weight is 715 g/mol. The van der Waals surface area contributed by atoms with E-state index in [9.17, 15) is 43.9 Å². The van der Waals surface area contributed by atoms with Gasteiger partial charge in [-0.3, -0.25) is 0 Å². The Labute approximate surface area is 287 Å². The number of rotatable bonds is 6. The van der Waals surface area contributed by atoms with Crippen LogP contribution in [0.4, 0.5) is 78.0 Å². The molecule has 12 heteroatoms. The second-order valence-corrected chi connectivity index (χ2v) is 10.3. The summed E-state index contributed by atoms with van der Waals surface area (Å²) < 4.78 is 133. The zero-order valence-electron chi connectivity index (χ0n) is 26.9. The first-order chi connectivity index (χ1) is 24.3. The summed E-state index contributed by atoms with van der Waals surface area (Å²) in [6, 6.07) is 29.0. The number of alkyl halides is 3. The van der Waals surface area contributed by atoms with Crippen molar-refractivity contribution in [3.63, 3.8) is 0 Å². The van der Waals surface area contributed by atoms with E-state index < -0.39 is 52.5 Å². The van der Waals surface area contributed by atoms with Gasteiger partial charge in [-0.15, -0.1) is 0 Å². The largest absolute Gasteiger partial charge is 0.419 e. The number of benzene rings is 6. The molecule has 0 N–H and O–H groups in total. The van der Waals surface area contributed by atoms with E-state index in [-0.39, 0.29) is 11.4 Å². The maximum atomic E-state index is 13.7. The third-order valence-electron chi connectivity index (χ3n) is 7.03. The lowest BCUT2D eigenvalue weighted by molar-refractivity contribution is -0.139. The summed E-state index contributed by atoms with van der Waals surface area (Å²) >= 11 is 0. The molecular weight excluding hydrogens is 686 g/mol. The number of nitrogens with zero attached hydrogens (tertiary/aromatic N) is 2. The quantitative estimate of drug-likeness (QED) is 0.159. The van der Waals surface area contributed by atoms with Gasteiger partial charge < -0.3 is 9.80 Å². The molecule has 2 nitrogen and oxygen atoms in total. The predicted octanol–water partition coefficient (Wildman–Crippen LogP) is 13.3. The molecule has 0 saturated carbocycles. The van der Waals surface area contributed by atoms with Gasteiger partial charge in [0, 0.05) is 52.3 Å². The lowest BCUT2D eigenvalue weighted by Gasteiger charge is -2.26. The van der Waals surface area contributed by atoms with Crippen LogP contribution in [0.25, 0.3) is 0 Å². The Morgan fingerprint density at radius 2 is 0.627 bits per heavy atom. The first-order valence-corrected chi connectivity index (χ1v) is 15.3. The highest BCUT2D eigenvalue weighted by Crippen LogP contribution is 2.40. The lowest BCUT2D eigenvalue weighted by Crippen LogP contribution is -2.14. The van der Waals surface area contributed by atoms with Crippen molar-refractivity contribution < 1.29 is 43.9 Å². The van der Waals surface area contributed by atoms with Crippen molar-refractivity contribution in [1.29, 1.82) is 0 Å². The molecule has 0 atom stereocenters. The van der Waals surface area contributed by atoms with Crippen molar-refractivity contribution in [3.05, 3.63) is 180 Å². The van der Waals surface area contributed by atoms with Gasteiger partial charge in [0.05, 0.1) is 5.56 Å². The standard InChI is InChI=1S/C19H11F6N.C18H11F4N.C2H6/c20-16-8-6-13(10-15(16)19(23,24)25)26(12-4-2-1-3-5-12)14-7-9-17(21)18(22)11-14;19-15-8-6-13(10-17(15)21)23(12-4-2-1-3-5-12)14-7-9-16(20)18(22)11-14;1-2/h1-11H;1-11H;1-2H3. The van der Waals surface area contributed by atoms with E-state index >= 15 is 0 Å². The minimum Gasteiger partial charge on any atom is -0.310 e. The highest BCUT2D eigenvalue weighted by molar-refractivity contribution is 5.77. The Hall–Kier alpha value is -5.78. The molecule has 0 amide bonds. The monoisotopic (exact) mass is 714 g/mol. The van der Waals surface area contributed by atoms with Crippen LogP contribution in [0.1, 0.15) is 19.4 Å². The highest BCUT2D eigenvalue weighted by atomic mass is 19.4. The molecule has 0 aliphatic rings. The van der Waals surface area contributed by atoms with Crippen molar-refractivity contribution in [2.45, 2.75) is 20.0 Å². The van der Waals surface area contributed by atoms with Crippen LogP contribution in [0.15, 0.2) is 133 Å². The molecule has 0 spiro atoms. The first kappa shape index (κ1) is 38.0. The molecule has 0 radical (unpaired) electrons. The van der Waals surface area contributed by atoms with Gasteiger partial charge in [-0.2, -0.15) is 13.2 Å². The summed E-state index contributed by atoms with van der Waals surface area (Å²) in [7, 11) is 0. The van der Waals surface area contributed by atoms with Crippen LogP contribution in [0.3, 0.4) is 0 Å². The fourth-order valence-electron chi connectivity index (χ4n) is 4.79. The Balaban J connectivity index is 0.000000220. The van der Waals surface area contributed by atoms with E-state index in [2.05, 4.69) is 0 Å². The van der Waals surface area contributed by atoms with Crippen LogP contribution in [0.5, 0.6) is 0 Å². The van der Waals surface area contributed by atoms with Crippen LogP contribution in [0.2, 0.25) is 0 Å². The summed E-state index contributed by atoms with van der Waals surface area (Å²) in [6.45, 7) is 4.00. The van der Waals surface area contributed by atoms with E-state index in [1.165, 1.54) is 28.0 Å². The predicted molar refractivity (Wildman–Crippen MR) is 178 cm³/mol. The Kier molecular flexibility index (Phi) is 12.5. The van der Waals surface area contributed by atoms with E-state index in [4.69, 9.17) is 0 Å². The molecule has 0 heterocycles. The normalized spacial score (nSPS) is 10.7. The number of para-hydroxylation sites is 2. The Morgan fingerprint density at radius 1 is 0.333 bits per heavy atom. The number of anilines is 6. The molecule has 6 rings (SSSR count). The van der Waals surface area contributed by atoms with Crippen LogP contribution in [0, 0.1) is 40.7 Å². The number of hydrogen-bond acceptors (Lipinski definition) is 2. The second-order valence-electron chi connectivity index (χ2n) is 10.3. The van der Waals surface area contributed by atoms with Gasteiger partial charge in [-0.25, -0.2) is 30.7 Å². The van der Waals surface area contributed by atoms with E-state index in [0.29, 0.717) is 34.9 Å². The first-order valence-electron chi connectivity index (χ1n) is 15.3. The van der Waals surface area contributed by atoms with E-state index in [1.807, 2.05) is 13.8 Å². The van der Waals surface area contributed by atoms with Crippen LogP contribution < -0.4 is 9.80 Å². The molecule has 0 aliphatic carbocycles. The molecule has 6 aromatic rings. The summed E-state index contributed by atoms with van der Waals surface area (Å²) in [6.07, 6.45) is -4.89. The van der Waals surface area contributed by atoms with Gasteiger partial charge in [-0.1, -0.05) is 50.2 Å². The average Bonchev–Trinajstić information content (AvgIpc) is 3.12. The van der Waals surface area contributed by atoms with E-state index in [0.717, 1.165) is 42.5 Å². The van der Waals surface area contributed by atoms with E-state index in [1.54, 1.807) is 60.7 Å². The van der Waals surface area contributed by atoms with Crippen molar-refractivity contribution in [2.75, 3.05) is 9.80 Å². The zero-order valence-corrected chi connectivity index (χ0v) is 26.9. The molecule has 51 heavy (non-hydrogen) atoms. The molecule has 0 saturated heterocycles. The van der Waals surface area contributed by atoms with Crippen molar-refractivity contribution >= 4 is 34.1 Å². The van der Waals surface area contributed by atoms with Gasteiger partial charge in [0.2, 0.25) is 0 Å². The SMILES string of the molecule is CC.Fc1ccc(N(c2ccccc2)c2ccc(F)c(C(F)(F)F)c2)cc1F.Fc1ccc(N(c2ccccc2)c2ccc(F)c(F)c2)cc1F. The van der Waals surface area contributed by atoms with Gasteiger partial charge in [0.15, 0.2) is 34.9 Å². The third kappa shape index (κ3) is 9.27. The summed E-state index contributed by atoms with van der Waals surface area (Å²) in [5, 5.41) is 0. The van der Waals surface area contributed by atoms with Crippen LogP contribution >= 0.6 is 0 Å². The van der Waals surface area contributed by atoms with Gasteiger partial charge in [0.25, 0.3) is 0 Å². The second kappa shape index (κ2) is 16.8. The van der Waals surface area contributed by atoms with Crippen molar-refractivity contribution in [1.82, 2.24) is 0 Å². The minimum absolute atomic E-state index is 0.0454. The van der Waals surface area contributed by atoms with Gasteiger partial charge >= 0.3 is 6.18 Å². The minimum atomic E-state index is -4.89. The lowest BCUT2D eigenvalue weighted by atomic mass is 10.1. The van der Waals surface area contributed by atoms with Gasteiger partial charge in [0.1, 0.15) is 5.82 Å². The summed E-state index contributed by atoms with van der Waals surface area (Å²) in [5.41, 5.74) is 0.189. The smallest absolute Gasteiger partial charge is 0.310 e. The number of halogens is 10. The molecule has 0 aromatic heterocycles. The maximum absolute atomic E-state index is 13.7. The summed E-state index contributed by atoms with van der Waals surface area (Å²) in [4.78, 5) is 2.78. The molecule has 0 aliphatic heterocycles. The molecule has 0 fully saturated rings. The maximum Gasteiger partial charge on any atom is 0.419 e. The van der Waals surface area contributed by atoms with Gasteiger partial charge in [-0.05, 0) is 78.9 Å². The van der Waals surface area contributed by atoms with Crippen LogP contribution in [-0.4, -0.2) is 0 Å². The van der Waals surface area contributed by atoms with Crippen molar-refractivity contribution in [2.24, 2.45) is 0 Å². The van der Waals surface area contributed by atoms with Crippen molar-refractivity contribution in [3.8, 4) is 0 Å². The molecule has 6 aromatic carbocycles. The topological polar surface area (TPSA) is 6.48 Å². The molecule has 0 bridgehead atoms. The Morgan fingerprint density at radius 3 is 0.922 bits per heavy atom. The molecule has 264 valence electrons. The molecule has 0 unspecified atom stereocenters. The van der Waals surface area contributed by atoms with Crippen LogP contribution in [-0.2, 0) is 6.18 Å². The zero-order chi connectivity index (χ0) is 37.3. The third-order valence-corrected chi connectivity index (χ3v) is 7.03. The number of hydrogen-bond donors (Lipinski definition) is 0. The fraction of sp³-hybridized carbons (Fsp3) is 0.0769.